The molecule has 0 unspecified atom stereocenters. The van der Waals surface area contributed by atoms with Gasteiger partial charge in [0.25, 0.3) is 17.7 Å². The average molecular weight is 494 g/mol. The lowest BCUT2D eigenvalue weighted by molar-refractivity contribution is -0.123. The normalized spacial score (nSPS) is 11.4. The monoisotopic (exact) mass is 493 g/mol. The van der Waals surface area contributed by atoms with Gasteiger partial charge in [0.05, 0.1) is 9.75 Å². The van der Waals surface area contributed by atoms with Crippen LogP contribution in [0.2, 0.25) is 0 Å². The number of amides is 3. The topological polar surface area (TPSA) is 87.3 Å². The van der Waals surface area contributed by atoms with Crippen molar-refractivity contribution in [3.63, 3.8) is 0 Å². The van der Waals surface area contributed by atoms with Crippen molar-refractivity contribution >= 4 is 40.4 Å². The first-order valence-electron chi connectivity index (χ1n) is 10.3. The zero-order valence-corrected chi connectivity index (χ0v) is 19.4. The number of hydrazine groups is 1. The van der Waals surface area contributed by atoms with Crippen LogP contribution in [0, 0.1) is 5.82 Å². The van der Waals surface area contributed by atoms with Crippen LogP contribution in [0.5, 0.6) is 0 Å². The molecule has 0 aliphatic rings. The fourth-order valence-electron chi connectivity index (χ4n) is 3.19. The van der Waals surface area contributed by atoms with Crippen molar-refractivity contribution in [3.8, 4) is 10.4 Å². The van der Waals surface area contributed by atoms with Crippen LogP contribution in [0.4, 0.5) is 4.39 Å². The van der Waals surface area contributed by atoms with Gasteiger partial charge < -0.3 is 5.32 Å². The standard InChI is InChI=1S/C25H20FN3O3S2/c26-18-10-8-17(9-11-18)20-12-13-22(34-20)25(32)29-28-23(30)19(15-16-5-2-1-3-6-16)27-24(31)21-7-4-14-33-21/h1-14,19H,15H2,(H,27,31)(H,28,30)(H,29,32)/t19-/m0/s1. The van der Waals surface area contributed by atoms with Crippen molar-refractivity contribution < 1.29 is 18.8 Å². The van der Waals surface area contributed by atoms with Crippen LogP contribution in [0.25, 0.3) is 10.4 Å². The maximum atomic E-state index is 13.1. The molecule has 0 fully saturated rings. The van der Waals surface area contributed by atoms with E-state index in [4.69, 9.17) is 0 Å². The van der Waals surface area contributed by atoms with E-state index in [9.17, 15) is 18.8 Å². The van der Waals surface area contributed by atoms with Crippen molar-refractivity contribution in [2.45, 2.75) is 12.5 Å². The molecule has 2 heterocycles. The minimum atomic E-state index is -0.893. The fourth-order valence-corrected chi connectivity index (χ4v) is 4.73. The summed E-state index contributed by atoms with van der Waals surface area (Å²) in [5.41, 5.74) is 6.48. The van der Waals surface area contributed by atoms with Gasteiger partial charge in [-0.3, -0.25) is 25.2 Å². The Morgan fingerprint density at radius 1 is 0.794 bits per heavy atom. The zero-order chi connectivity index (χ0) is 23.9. The van der Waals surface area contributed by atoms with E-state index >= 15 is 0 Å². The Morgan fingerprint density at radius 3 is 2.26 bits per heavy atom. The molecule has 6 nitrogen and oxygen atoms in total. The van der Waals surface area contributed by atoms with Gasteiger partial charge in [-0.05, 0) is 46.8 Å². The number of benzene rings is 2. The maximum absolute atomic E-state index is 13.1. The number of thiophene rings is 2. The summed E-state index contributed by atoms with van der Waals surface area (Å²) < 4.78 is 13.1. The van der Waals surface area contributed by atoms with Gasteiger partial charge in [-0.15, -0.1) is 22.7 Å². The highest BCUT2D eigenvalue weighted by molar-refractivity contribution is 7.17. The molecular formula is C25H20FN3O3S2. The fraction of sp³-hybridized carbons (Fsp3) is 0.0800. The summed E-state index contributed by atoms with van der Waals surface area (Å²) in [6.07, 6.45) is 0.257. The molecule has 3 amide bonds. The third kappa shape index (κ3) is 5.94. The zero-order valence-electron chi connectivity index (χ0n) is 17.8. The Labute approximate surface area is 203 Å². The molecule has 0 saturated heterocycles. The highest BCUT2D eigenvalue weighted by Crippen LogP contribution is 2.28. The molecule has 3 N–H and O–H groups in total. The van der Waals surface area contributed by atoms with Crippen LogP contribution in [-0.4, -0.2) is 23.8 Å². The van der Waals surface area contributed by atoms with Crippen LogP contribution >= 0.6 is 22.7 Å². The lowest BCUT2D eigenvalue weighted by Crippen LogP contribution is -2.53. The van der Waals surface area contributed by atoms with Gasteiger partial charge in [0.15, 0.2) is 0 Å². The number of carbonyl (C=O) groups is 3. The molecule has 2 aromatic carbocycles. The summed E-state index contributed by atoms with van der Waals surface area (Å²) in [4.78, 5) is 39.7. The van der Waals surface area contributed by atoms with Crippen LogP contribution in [0.3, 0.4) is 0 Å². The SMILES string of the molecule is O=C(N[C@@H](Cc1ccccc1)C(=O)NNC(=O)c1ccc(-c2ccc(F)cc2)s1)c1cccs1. The Hall–Kier alpha value is -3.82. The van der Waals surface area contributed by atoms with Gasteiger partial charge >= 0.3 is 0 Å². The first-order valence-corrected chi connectivity index (χ1v) is 12.0. The molecule has 0 aliphatic heterocycles. The second kappa shape index (κ2) is 10.9. The minimum absolute atomic E-state index is 0.257. The molecule has 0 spiro atoms. The molecule has 4 aromatic rings. The summed E-state index contributed by atoms with van der Waals surface area (Å²) >= 11 is 2.49. The molecule has 34 heavy (non-hydrogen) atoms. The lowest BCUT2D eigenvalue weighted by Gasteiger charge is -2.18. The second-order valence-corrected chi connectivity index (χ2v) is 9.34. The van der Waals surface area contributed by atoms with Crippen molar-refractivity contribution in [3.05, 3.63) is 105 Å². The first kappa shape index (κ1) is 23.3. The Kier molecular flexibility index (Phi) is 7.46. The number of rotatable bonds is 7. The summed E-state index contributed by atoms with van der Waals surface area (Å²) in [6.45, 7) is 0. The van der Waals surface area contributed by atoms with E-state index in [1.165, 1.54) is 34.8 Å². The molecule has 4 rings (SSSR count). The van der Waals surface area contributed by atoms with Crippen LogP contribution in [0.15, 0.2) is 84.2 Å². The summed E-state index contributed by atoms with van der Waals surface area (Å²) in [5, 5.41) is 4.52. The Bertz CT molecular complexity index is 1270. The molecular weight excluding hydrogens is 473 g/mol. The molecule has 0 aliphatic carbocycles. The van der Waals surface area contributed by atoms with E-state index in [2.05, 4.69) is 16.2 Å². The highest BCUT2D eigenvalue weighted by Gasteiger charge is 2.23. The van der Waals surface area contributed by atoms with Gasteiger partial charge in [-0.1, -0.05) is 48.5 Å². The number of halogens is 1. The minimum Gasteiger partial charge on any atom is -0.339 e. The lowest BCUT2D eigenvalue weighted by atomic mass is 10.1. The van der Waals surface area contributed by atoms with E-state index in [1.54, 1.807) is 41.8 Å². The largest absolute Gasteiger partial charge is 0.339 e. The van der Waals surface area contributed by atoms with Crippen molar-refractivity contribution in [2.24, 2.45) is 0 Å². The van der Waals surface area contributed by atoms with Crippen LogP contribution < -0.4 is 16.2 Å². The van der Waals surface area contributed by atoms with E-state index in [0.29, 0.717) is 9.75 Å². The van der Waals surface area contributed by atoms with E-state index in [1.807, 2.05) is 30.3 Å². The number of nitrogens with one attached hydrogen (secondary N) is 3. The molecule has 172 valence electrons. The first-order chi connectivity index (χ1) is 16.5. The predicted molar refractivity (Wildman–Crippen MR) is 131 cm³/mol. The van der Waals surface area contributed by atoms with Gasteiger partial charge in [-0.2, -0.15) is 0 Å². The molecule has 0 bridgehead atoms. The van der Waals surface area contributed by atoms with Gasteiger partial charge in [0.2, 0.25) is 0 Å². The van der Waals surface area contributed by atoms with Crippen LogP contribution in [-0.2, 0) is 11.2 Å². The summed E-state index contributed by atoms with van der Waals surface area (Å²) in [6, 6.07) is 21.2. The van der Waals surface area contributed by atoms with E-state index in [0.717, 1.165) is 16.0 Å². The molecule has 0 radical (unpaired) electrons. The summed E-state index contributed by atoms with van der Waals surface area (Å²) in [7, 11) is 0. The Balaban J connectivity index is 1.41. The summed E-state index contributed by atoms with van der Waals surface area (Å²) in [5.74, 6) is -1.73. The van der Waals surface area contributed by atoms with Gasteiger partial charge in [0.1, 0.15) is 11.9 Å². The number of hydrogen-bond acceptors (Lipinski definition) is 5. The van der Waals surface area contributed by atoms with E-state index in [-0.39, 0.29) is 18.1 Å². The smallest absolute Gasteiger partial charge is 0.279 e. The molecule has 9 heteroatoms. The quantitative estimate of drug-likeness (QED) is 0.333. The van der Waals surface area contributed by atoms with Crippen molar-refractivity contribution in [1.29, 1.82) is 0 Å². The van der Waals surface area contributed by atoms with Gasteiger partial charge in [0, 0.05) is 11.3 Å². The second-order valence-electron chi connectivity index (χ2n) is 7.31. The predicted octanol–water partition coefficient (Wildman–Crippen LogP) is 4.42. The number of hydrogen-bond donors (Lipinski definition) is 3. The highest BCUT2D eigenvalue weighted by atomic mass is 32.1. The number of carbonyl (C=O) groups excluding carboxylic acids is 3. The van der Waals surface area contributed by atoms with Crippen molar-refractivity contribution in [2.75, 3.05) is 0 Å². The average Bonchev–Trinajstić information content (AvgIpc) is 3.56. The van der Waals surface area contributed by atoms with Crippen molar-refractivity contribution in [1.82, 2.24) is 16.2 Å². The third-order valence-electron chi connectivity index (χ3n) is 4.91. The molecule has 1 atom stereocenters. The molecule has 0 saturated carbocycles. The maximum Gasteiger partial charge on any atom is 0.279 e. The molecule has 2 aromatic heterocycles. The Morgan fingerprint density at radius 2 is 1.56 bits per heavy atom. The van der Waals surface area contributed by atoms with Crippen LogP contribution in [0.1, 0.15) is 24.9 Å². The van der Waals surface area contributed by atoms with E-state index < -0.39 is 17.9 Å². The third-order valence-corrected chi connectivity index (χ3v) is 6.91. The van der Waals surface area contributed by atoms with Gasteiger partial charge in [-0.25, -0.2) is 4.39 Å².